The number of benzene rings is 2. The van der Waals surface area contributed by atoms with Crippen LogP contribution in [0.25, 0.3) is 0 Å². The third-order valence-corrected chi connectivity index (χ3v) is 5.36. The van der Waals surface area contributed by atoms with Crippen molar-refractivity contribution >= 4 is 15.9 Å². The molecule has 132 valence electrons. The van der Waals surface area contributed by atoms with E-state index in [-0.39, 0.29) is 18.6 Å². The second-order valence-electron chi connectivity index (χ2n) is 5.89. The zero-order valence-corrected chi connectivity index (χ0v) is 14.3. The maximum Gasteiger partial charge on any atom is 0.236 e. The van der Waals surface area contributed by atoms with Crippen LogP contribution in [-0.2, 0) is 32.6 Å². The van der Waals surface area contributed by atoms with Gasteiger partial charge in [0.1, 0.15) is 5.82 Å². The van der Waals surface area contributed by atoms with E-state index in [4.69, 9.17) is 4.74 Å². The van der Waals surface area contributed by atoms with E-state index in [9.17, 15) is 17.6 Å². The van der Waals surface area contributed by atoms with Gasteiger partial charge in [-0.2, -0.15) is 0 Å². The van der Waals surface area contributed by atoms with Gasteiger partial charge in [-0.25, -0.2) is 12.8 Å². The molecule has 0 bridgehead atoms. The summed E-state index contributed by atoms with van der Waals surface area (Å²) in [7, 11) is -3.84. The molecule has 0 saturated carbocycles. The van der Waals surface area contributed by atoms with E-state index < -0.39 is 27.9 Å². The van der Waals surface area contributed by atoms with Crippen LogP contribution in [-0.4, -0.2) is 20.1 Å². The van der Waals surface area contributed by atoms with E-state index in [2.05, 4.69) is 0 Å². The van der Waals surface area contributed by atoms with Crippen molar-refractivity contribution in [3.05, 3.63) is 71.0 Å². The molecule has 1 unspecified atom stereocenters. The van der Waals surface area contributed by atoms with Gasteiger partial charge in [-0.05, 0) is 29.2 Å². The Morgan fingerprint density at radius 3 is 2.68 bits per heavy atom. The molecule has 3 rings (SSSR count). The molecule has 0 saturated heterocycles. The van der Waals surface area contributed by atoms with Gasteiger partial charge < -0.3 is 4.74 Å². The molecule has 1 heterocycles. The highest BCUT2D eigenvalue weighted by atomic mass is 32.2. The molecule has 0 fully saturated rings. The molecular weight excluding hydrogens is 345 g/mol. The molecule has 1 amide bonds. The van der Waals surface area contributed by atoms with Crippen LogP contribution in [0.15, 0.2) is 48.5 Å². The van der Waals surface area contributed by atoms with Crippen molar-refractivity contribution < 1.29 is 22.3 Å². The van der Waals surface area contributed by atoms with Gasteiger partial charge in [0.2, 0.25) is 15.9 Å². The lowest BCUT2D eigenvalue weighted by Gasteiger charge is -2.12. The molecule has 25 heavy (non-hydrogen) atoms. The summed E-state index contributed by atoms with van der Waals surface area (Å²) in [6.07, 6.45) is -0.522. The largest absolute Gasteiger partial charge is 0.368 e. The van der Waals surface area contributed by atoms with Crippen LogP contribution in [0.2, 0.25) is 0 Å². The zero-order chi connectivity index (χ0) is 17.9. The molecule has 0 aromatic heterocycles. The first-order valence-electron chi connectivity index (χ1n) is 7.91. The number of rotatable bonds is 6. The quantitative estimate of drug-likeness (QED) is 0.856. The van der Waals surface area contributed by atoms with E-state index in [0.29, 0.717) is 12.2 Å². The predicted octanol–water partition coefficient (Wildman–Crippen LogP) is 2.48. The summed E-state index contributed by atoms with van der Waals surface area (Å²) in [5, 5.41) is 0. The number of hydrogen-bond acceptors (Lipinski definition) is 4. The van der Waals surface area contributed by atoms with Gasteiger partial charge in [-0.3, -0.25) is 9.52 Å². The van der Waals surface area contributed by atoms with Crippen LogP contribution in [0.4, 0.5) is 4.39 Å². The Bertz CT molecular complexity index is 882. The van der Waals surface area contributed by atoms with Crippen molar-refractivity contribution in [2.45, 2.75) is 25.6 Å². The minimum Gasteiger partial charge on any atom is -0.368 e. The van der Waals surface area contributed by atoms with E-state index in [0.717, 1.165) is 11.1 Å². The maximum atomic E-state index is 13.5. The molecule has 7 heteroatoms. The average molecular weight is 363 g/mol. The molecule has 2 aromatic rings. The fourth-order valence-corrected chi connectivity index (χ4v) is 3.83. The highest BCUT2D eigenvalue weighted by molar-refractivity contribution is 7.90. The van der Waals surface area contributed by atoms with Gasteiger partial charge in [0.15, 0.2) is 0 Å². The Kier molecular flexibility index (Phi) is 5.15. The molecule has 1 atom stereocenters. The highest BCUT2D eigenvalue weighted by Crippen LogP contribution is 2.32. The van der Waals surface area contributed by atoms with Crippen molar-refractivity contribution in [2.75, 3.05) is 5.75 Å². The lowest BCUT2D eigenvalue weighted by molar-refractivity contribution is -0.122. The number of sulfonamides is 1. The van der Waals surface area contributed by atoms with Crippen molar-refractivity contribution in [1.82, 2.24) is 4.72 Å². The Hall–Kier alpha value is -2.25. The van der Waals surface area contributed by atoms with Crippen LogP contribution in [0, 0.1) is 5.82 Å². The number of amides is 1. The summed E-state index contributed by atoms with van der Waals surface area (Å²) in [6.45, 7) is 0.411. The monoisotopic (exact) mass is 363 g/mol. The molecular formula is C18H18FNO4S. The second-order valence-corrected chi connectivity index (χ2v) is 7.73. The van der Waals surface area contributed by atoms with Gasteiger partial charge >= 0.3 is 0 Å². The molecule has 1 aliphatic heterocycles. The minimum atomic E-state index is -3.84. The number of aryl methyl sites for hydroxylation is 1. The topological polar surface area (TPSA) is 72.5 Å². The average Bonchev–Trinajstić information content (AvgIpc) is 2.97. The van der Waals surface area contributed by atoms with E-state index >= 15 is 0 Å². The number of hydrogen-bond donors (Lipinski definition) is 1. The molecule has 1 N–H and O–H groups in total. The molecule has 0 spiro atoms. The van der Waals surface area contributed by atoms with Crippen molar-refractivity contribution in [2.24, 2.45) is 0 Å². The Morgan fingerprint density at radius 2 is 1.88 bits per heavy atom. The van der Waals surface area contributed by atoms with Crippen LogP contribution < -0.4 is 4.72 Å². The molecule has 5 nitrogen and oxygen atoms in total. The van der Waals surface area contributed by atoms with E-state index in [1.165, 1.54) is 18.2 Å². The van der Waals surface area contributed by atoms with Crippen molar-refractivity contribution in [3.8, 4) is 0 Å². The molecule has 2 aromatic carbocycles. The lowest BCUT2D eigenvalue weighted by atomic mass is 10.0. The zero-order valence-electron chi connectivity index (χ0n) is 13.4. The summed E-state index contributed by atoms with van der Waals surface area (Å²) in [6, 6.07) is 13.5. The number of carbonyl (C=O) groups is 1. The Balaban J connectivity index is 1.56. The molecule has 1 aliphatic rings. The summed E-state index contributed by atoms with van der Waals surface area (Å²) in [5.74, 6) is -1.45. The molecule has 0 radical (unpaired) electrons. The standard InChI is InChI=1S/C18H18FNO4S/c19-16-8-4-2-5-13(16)9-10-25(22,23)20-18(21)11-17-15-7-3-1-6-14(15)12-24-17/h1-8,17H,9-12H2,(H,20,21). The number of fused-ring (bicyclic) bond motifs is 1. The Labute approximate surface area is 145 Å². The highest BCUT2D eigenvalue weighted by Gasteiger charge is 2.26. The van der Waals surface area contributed by atoms with Gasteiger partial charge in [0.25, 0.3) is 0 Å². The maximum absolute atomic E-state index is 13.5. The second kappa shape index (κ2) is 7.33. The first-order valence-corrected chi connectivity index (χ1v) is 9.56. The molecule has 0 aliphatic carbocycles. The van der Waals surface area contributed by atoms with Crippen LogP contribution in [0.1, 0.15) is 29.2 Å². The SMILES string of the molecule is O=C(CC1OCc2ccccc21)NS(=O)(=O)CCc1ccccc1F. The van der Waals surface area contributed by atoms with Crippen molar-refractivity contribution in [3.63, 3.8) is 0 Å². The Morgan fingerprint density at radius 1 is 1.16 bits per heavy atom. The van der Waals surface area contributed by atoms with Gasteiger partial charge in [0.05, 0.1) is 24.9 Å². The summed E-state index contributed by atoms with van der Waals surface area (Å²) in [4.78, 5) is 12.1. The third kappa shape index (κ3) is 4.43. The van der Waals surface area contributed by atoms with E-state index in [1.54, 1.807) is 6.07 Å². The predicted molar refractivity (Wildman–Crippen MR) is 90.6 cm³/mol. The summed E-state index contributed by atoms with van der Waals surface area (Å²) >= 11 is 0. The fraction of sp³-hybridized carbons (Fsp3) is 0.278. The van der Waals surface area contributed by atoms with Crippen LogP contribution in [0.3, 0.4) is 0 Å². The lowest BCUT2D eigenvalue weighted by Crippen LogP contribution is -2.34. The van der Waals surface area contributed by atoms with Gasteiger partial charge in [-0.1, -0.05) is 42.5 Å². The number of halogens is 1. The van der Waals surface area contributed by atoms with Crippen LogP contribution in [0.5, 0.6) is 0 Å². The number of carbonyl (C=O) groups excluding carboxylic acids is 1. The first kappa shape index (κ1) is 17.6. The summed E-state index contributed by atoms with van der Waals surface area (Å²) in [5.41, 5.74) is 2.21. The van der Waals surface area contributed by atoms with Crippen molar-refractivity contribution in [1.29, 1.82) is 0 Å². The smallest absolute Gasteiger partial charge is 0.236 e. The van der Waals surface area contributed by atoms with E-state index in [1.807, 2.05) is 29.0 Å². The van der Waals surface area contributed by atoms with Gasteiger partial charge in [0, 0.05) is 0 Å². The fourth-order valence-electron chi connectivity index (χ4n) is 2.81. The summed E-state index contributed by atoms with van der Waals surface area (Å²) < 4.78 is 45.2. The first-order chi connectivity index (χ1) is 11.9. The van der Waals surface area contributed by atoms with Crippen LogP contribution >= 0.6 is 0 Å². The minimum absolute atomic E-state index is 0.00194. The number of nitrogens with one attached hydrogen (secondary N) is 1. The normalized spacial score (nSPS) is 16.4. The number of ether oxygens (including phenoxy) is 1. The third-order valence-electron chi connectivity index (χ3n) is 4.08. The van der Waals surface area contributed by atoms with Gasteiger partial charge in [-0.15, -0.1) is 0 Å².